The topological polar surface area (TPSA) is 57.4 Å². The van der Waals surface area contributed by atoms with Crippen LogP contribution >= 0.6 is 0 Å². The summed E-state index contributed by atoms with van der Waals surface area (Å²) >= 11 is 0. The Morgan fingerprint density at radius 3 is 2.50 bits per heavy atom. The molecule has 0 unspecified atom stereocenters. The second-order valence-electron chi connectivity index (χ2n) is 5.84. The van der Waals surface area contributed by atoms with Crippen molar-refractivity contribution >= 4 is 14.1 Å². The molecule has 0 aliphatic carbocycles. The number of nitrogens with zero attached hydrogens (tertiary/aromatic N) is 1. The smallest absolute Gasteiger partial charge is 0.192 e. The fraction of sp³-hybridized carbons (Fsp3) is 0.615. The molecule has 1 rings (SSSR count). The van der Waals surface area contributed by atoms with Crippen molar-refractivity contribution in [2.45, 2.75) is 38.9 Å². The fourth-order valence-electron chi connectivity index (χ4n) is 1.19. The maximum absolute atomic E-state index is 6.01. The van der Waals surface area contributed by atoms with Gasteiger partial charge in [0.25, 0.3) is 0 Å². The monoisotopic (exact) mass is 268 g/mol. The molecule has 0 radical (unpaired) electrons. The Morgan fingerprint density at radius 1 is 1.28 bits per heavy atom. The summed E-state index contributed by atoms with van der Waals surface area (Å²) < 4.78 is 11.6. The fourth-order valence-corrected chi connectivity index (χ4v) is 2.22. The number of ether oxygens (including phenoxy) is 1. The number of hydrogen-bond donors (Lipinski definition) is 1. The summed E-state index contributed by atoms with van der Waals surface area (Å²) in [6.45, 7) is 12.2. The van der Waals surface area contributed by atoms with E-state index in [1.807, 2.05) is 6.07 Å². The molecule has 0 aliphatic rings. The van der Waals surface area contributed by atoms with Crippen molar-refractivity contribution in [2.24, 2.45) is 0 Å². The summed E-state index contributed by atoms with van der Waals surface area (Å²) in [4.78, 5) is 3.97. The summed E-state index contributed by atoms with van der Waals surface area (Å²) in [7, 11) is -1.68. The van der Waals surface area contributed by atoms with Gasteiger partial charge < -0.3 is 14.9 Å². The van der Waals surface area contributed by atoms with Crippen molar-refractivity contribution in [1.82, 2.24) is 4.98 Å². The zero-order valence-corrected chi connectivity index (χ0v) is 13.0. The average molecular weight is 268 g/mol. The first-order valence-electron chi connectivity index (χ1n) is 6.21. The predicted octanol–water partition coefficient (Wildman–Crippen LogP) is 3.06. The van der Waals surface area contributed by atoms with E-state index in [1.54, 1.807) is 12.3 Å². The molecular weight excluding hydrogens is 244 g/mol. The van der Waals surface area contributed by atoms with E-state index in [-0.39, 0.29) is 5.04 Å². The van der Waals surface area contributed by atoms with Crippen LogP contribution in [0.15, 0.2) is 18.3 Å². The van der Waals surface area contributed by atoms with E-state index in [0.717, 1.165) is 0 Å². The molecule has 0 saturated carbocycles. The minimum absolute atomic E-state index is 0.223. The SMILES string of the molecule is CC(C)(C)[Si](C)(C)OCCOc1cccnc1N. The molecule has 0 saturated heterocycles. The number of nitrogen functional groups attached to an aromatic ring is 1. The Bertz CT molecular complexity index is 389. The zero-order chi connectivity index (χ0) is 13.8. The summed E-state index contributed by atoms with van der Waals surface area (Å²) in [6, 6.07) is 3.62. The Kier molecular flexibility index (Phi) is 4.75. The van der Waals surface area contributed by atoms with Gasteiger partial charge in [-0.15, -0.1) is 0 Å². The van der Waals surface area contributed by atoms with Crippen molar-refractivity contribution in [1.29, 1.82) is 0 Å². The van der Waals surface area contributed by atoms with E-state index in [0.29, 0.717) is 24.8 Å². The first kappa shape index (κ1) is 15.0. The molecule has 0 aliphatic heterocycles. The molecule has 18 heavy (non-hydrogen) atoms. The van der Waals surface area contributed by atoms with Gasteiger partial charge >= 0.3 is 0 Å². The quantitative estimate of drug-likeness (QED) is 0.658. The Hall–Kier alpha value is -1.07. The third-order valence-electron chi connectivity index (χ3n) is 3.41. The van der Waals surface area contributed by atoms with Crippen LogP contribution in [0.4, 0.5) is 5.82 Å². The maximum Gasteiger partial charge on any atom is 0.192 e. The van der Waals surface area contributed by atoms with Crippen molar-refractivity contribution < 1.29 is 9.16 Å². The highest BCUT2D eigenvalue weighted by Crippen LogP contribution is 2.36. The second kappa shape index (κ2) is 5.71. The number of nitrogens with two attached hydrogens (primary N) is 1. The highest BCUT2D eigenvalue weighted by atomic mass is 28.4. The molecule has 0 fully saturated rings. The van der Waals surface area contributed by atoms with Crippen LogP contribution in [-0.4, -0.2) is 26.5 Å². The summed E-state index contributed by atoms with van der Waals surface area (Å²) in [6.07, 6.45) is 1.65. The summed E-state index contributed by atoms with van der Waals surface area (Å²) in [5, 5.41) is 0.223. The van der Waals surface area contributed by atoms with Gasteiger partial charge in [0.2, 0.25) is 0 Å². The average Bonchev–Trinajstić information content (AvgIpc) is 2.25. The first-order valence-corrected chi connectivity index (χ1v) is 9.12. The van der Waals surface area contributed by atoms with Crippen LogP contribution in [0.2, 0.25) is 18.1 Å². The van der Waals surface area contributed by atoms with Crippen molar-refractivity contribution in [2.75, 3.05) is 18.9 Å². The van der Waals surface area contributed by atoms with Crippen LogP contribution in [0.5, 0.6) is 5.75 Å². The summed E-state index contributed by atoms with van der Waals surface area (Å²) in [5.41, 5.74) is 5.69. The molecule has 0 aromatic carbocycles. The lowest BCUT2D eigenvalue weighted by Crippen LogP contribution is -2.41. The van der Waals surface area contributed by atoms with Gasteiger partial charge in [-0.1, -0.05) is 20.8 Å². The Labute approximate surface area is 111 Å². The van der Waals surface area contributed by atoms with E-state index in [1.165, 1.54) is 0 Å². The largest absolute Gasteiger partial charge is 0.487 e. The number of rotatable bonds is 5. The zero-order valence-electron chi connectivity index (χ0n) is 12.0. The lowest BCUT2D eigenvalue weighted by atomic mass is 10.2. The van der Waals surface area contributed by atoms with Gasteiger partial charge in [0, 0.05) is 6.20 Å². The van der Waals surface area contributed by atoms with Crippen LogP contribution in [-0.2, 0) is 4.43 Å². The standard InChI is InChI=1S/C13H24N2O2Si/c1-13(2,3)18(4,5)17-10-9-16-11-7-6-8-15-12(11)14/h6-8H,9-10H2,1-5H3,(H2,14,15). The molecule has 0 spiro atoms. The van der Waals surface area contributed by atoms with E-state index in [9.17, 15) is 0 Å². The molecule has 2 N–H and O–H groups in total. The number of aromatic nitrogens is 1. The highest BCUT2D eigenvalue weighted by Gasteiger charge is 2.36. The molecule has 5 heteroatoms. The molecule has 0 bridgehead atoms. The summed E-state index contributed by atoms with van der Waals surface area (Å²) in [5.74, 6) is 1.04. The lowest BCUT2D eigenvalue weighted by Gasteiger charge is -2.36. The molecule has 1 aromatic heterocycles. The molecule has 1 heterocycles. The molecule has 1 aromatic rings. The van der Waals surface area contributed by atoms with E-state index < -0.39 is 8.32 Å². The van der Waals surface area contributed by atoms with Crippen molar-refractivity contribution in [3.63, 3.8) is 0 Å². The molecule has 0 atom stereocenters. The molecule has 0 amide bonds. The van der Waals surface area contributed by atoms with Crippen LogP contribution in [0.1, 0.15) is 20.8 Å². The van der Waals surface area contributed by atoms with E-state index >= 15 is 0 Å². The van der Waals surface area contributed by atoms with Crippen molar-refractivity contribution in [3.8, 4) is 5.75 Å². The van der Waals surface area contributed by atoms with Gasteiger partial charge in [-0.2, -0.15) is 0 Å². The van der Waals surface area contributed by atoms with Crippen LogP contribution in [0, 0.1) is 0 Å². The minimum atomic E-state index is -1.68. The second-order valence-corrected chi connectivity index (χ2v) is 10.7. The first-order chi connectivity index (χ1) is 8.24. The maximum atomic E-state index is 6.01. The Balaban J connectivity index is 2.38. The molecular formula is C13H24N2O2Si. The van der Waals surface area contributed by atoms with Gasteiger partial charge in [-0.25, -0.2) is 4.98 Å². The predicted molar refractivity (Wildman–Crippen MR) is 77.3 cm³/mol. The number of anilines is 1. The van der Waals surface area contributed by atoms with Crippen LogP contribution in [0.3, 0.4) is 0 Å². The van der Waals surface area contributed by atoms with Gasteiger partial charge in [-0.3, -0.25) is 0 Å². The minimum Gasteiger partial charge on any atom is -0.487 e. The third kappa shape index (κ3) is 3.99. The Morgan fingerprint density at radius 2 is 1.94 bits per heavy atom. The highest BCUT2D eigenvalue weighted by molar-refractivity contribution is 6.74. The molecule has 102 valence electrons. The van der Waals surface area contributed by atoms with Crippen LogP contribution in [0.25, 0.3) is 0 Å². The van der Waals surface area contributed by atoms with Crippen molar-refractivity contribution in [3.05, 3.63) is 18.3 Å². The van der Waals surface area contributed by atoms with Crippen LogP contribution < -0.4 is 10.5 Å². The normalized spacial score (nSPS) is 12.5. The number of pyridine rings is 1. The van der Waals surface area contributed by atoms with E-state index in [2.05, 4.69) is 38.8 Å². The number of hydrogen-bond acceptors (Lipinski definition) is 4. The van der Waals surface area contributed by atoms with E-state index in [4.69, 9.17) is 14.9 Å². The lowest BCUT2D eigenvalue weighted by molar-refractivity contribution is 0.204. The van der Waals surface area contributed by atoms with Gasteiger partial charge in [0.1, 0.15) is 6.61 Å². The van der Waals surface area contributed by atoms with Gasteiger partial charge in [-0.05, 0) is 30.3 Å². The third-order valence-corrected chi connectivity index (χ3v) is 7.95. The van der Waals surface area contributed by atoms with Gasteiger partial charge in [0.15, 0.2) is 19.9 Å². The molecule has 4 nitrogen and oxygen atoms in total. The van der Waals surface area contributed by atoms with Gasteiger partial charge in [0.05, 0.1) is 6.61 Å².